The topological polar surface area (TPSA) is 43.6 Å². The molecule has 2 heterocycles. The second-order valence-electron chi connectivity index (χ2n) is 3.27. The molecule has 3 N–H and O–H groups in total. The molecule has 0 aliphatic heterocycles. The van der Waals surface area contributed by atoms with Crippen molar-refractivity contribution in [1.29, 1.82) is 0 Å². The Kier molecular flexibility index (Phi) is 1.57. The van der Waals surface area contributed by atoms with Crippen LogP contribution in [0.1, 0.15) is 13.8 Å². The van der Waals surface area contributed by atoms with Crippen LogP contribution in [0.2, 0.25) is 0 Å². The lowest BCUT2D eigenvalue weighted by molar-refractivity contribution is 0.901. The molecular formula is C9H13N3. The molecule has 3 heteroatoms. The molecule has 0 saturated carbocycles. The minimum atomic E-state index is 0.465. The summed E-state index contributed by atoms with van der Waals surface area (Å²) >= 11 is 0. The van der Waals surface area contributed by atoms with Gasteiger partial charge in [0, 0.05) is 18.4 Å². The Labute approximate surface area is 71.2 Å². The van der Waals surface area contributed by atoms with Crippen LogP contribution in [0.5, 0.6) is 0 Å². The molecule has 0 atom stereocenters. The summed E-state index contributed by atoms with van der Waals surface area (Å²) < 4.78 is 0. The van der Waals surface area contributed by atoms with Crippen LogP contribution in [0.3, 0.4) is 0 Å². The molecule has 0 amide bonds. The second-order valence-corrected chi connectivity index (χ2v) is 3.27. The van der Waals surface area contributed by atoms with Crippen molar-refractivity contribution >= 4 is 16.7 Å². The van der Waals surface area contributed by atoms with Crippen LogP contribution in [0.25, 0.3) is 11.0 Å². The summed E-state index contributed by atoms with van der Waals surface area (Å²) in [4.78, 5) is 6.36. The molecule has 0 fully saturated rings. The predicted molar refractivity (Wildman–Crippen MR) is 51.4 cm³/mol. The Morgan fingerprint density at radius 2 is 2.17 bits per heavy atom. The van der Waals surface area contributed by atoms with Crippen molar-refractivity contribution in [2.45, 2.75) is 19.9 Å². The van der Waals surface area contributed by atoms with Crippen LogP contribution in [-0.2, 0) is 0 Å². The lowest BCUT2D eigenvalue weighted by Crippen LogP contribution is -2.08. The minimum absolute atomic E-state index is 0.465. The first-order chi connectivity index (χ1) is 5.77. The van der Waals surface area contributed by atoms with Gasteiger partial charge in [0.15, 0.2) is 0 Å². The zero-order chi connectivity index (χ0) is 8.55. The van der Waals surface area contributed by atoms with Gasteiger partial charge in [0.1, 0.15) is 0 Å². The smallest absolute Gasteiger partial charge is 0.0870 e. The Balaban J connectivity index is 2.40. The van der Waals surface area contributed by atoms with Gasteiger partial charge in [0.05, 0.1) is 16.7 Å². The van der Waals surface area contributed by atoms with Crippen LogP contribution in [0, 0.1) is 0 Å². The molecule has 0 aliphatic rings. The van der Waals surface area contributed by atoms with Gasteiger partial charge in [-0.25, -0.2) is 0 Å². The Morgan fingerprint density at radius 3 is 2.92 bits per heavy atom. The van der Waals surface area contributed by atoms with E-state index in [1.165, 1.54) is 0 Å². The van der Waals surface area contributed by atoms with Gasteiger partial charge in [-0.2, -0.15) is 0 Å². The quantitative estimate of drug-likeness (QED) is 0.625. The molecule has 2 aromatic heterocycles. The maximum absolute atomic E-state index is 3.35. The van der Waals surface area contributed by atoms with Crippen molar-refractivity contribution in [3.63, 3.8) is 0 Å². The van der Waals surface area contributed by atoms with Crippen LogP contribution in [0.15, 0.2) is 18.5 Å². The average molecular weight is 163 g/mol. The SMILES string of the molecule is CC(C)Nc1c[nH]c2cc[nH]c12. The number of aromatic amines is 2. The average Bonchev–Trinajstić information content (AvgIpc) is 2.52. The van der Waals surface area contributed by atoms with E-state index in [1.807, 2.05) is 18.5 Å². The number of hydrogen-bond donors (Lipinski definition) is 3. The van der Waals surface area contributed by atoms with Crippen molar-refractivity contribution in [3.8, 4) is 0 Å². The molecule has 12 heavy (non-hydrogen) atoms. The highest BCUT2D eigenvalue weighted by atomic mass is 15.0. The van der Waals surface area contributed by atoms with E-state index >= 15 is 0 Å². The number of aromatic nitrogens is 2. The number of nitrogens with one attached hydrogen (secondary N) is 3. The van der Waals surface area contributed by atoms with Gasteiger partial charge < -0.3 is 15.3 Å². The summed E-state index contributed by atoms with van der Waals surface area (Å²) in [5.41, 5.74) is 3.45. The van der Waals surface area contributed by atoms with Crippen molar-refractivity contribution < 1.29 is 0 Å². The van der Waals surface area contributed by atoms with Gasteiger partial charge in [-0.05, 0) is 19.9 Å². The van der Waals surface area contributed by atoms with E-state index in [1.54, 1.807) is 0 Å². The molecular weight excluding hydrogens is 150 g/mol. The molecule has 2 rings (SSSR count). The van der Waals surface area contributed by atoms with Crippen molar-refractivity contribution in [1.82, 2.24) is 9.97 Å². The van der Waals surface area contributed by atoms with E-state index < -0.39 is 0 Å². The molecule has 3 nitrogen and oxygen atoms in total. The third-order valence-corrected chi connectivity index (χ3v) is 1.83. The van der Waals surface area contributed by atoms with E-state index in [0.29, 0.717) is 6.04 Å². The fourth-order valence-electron chi connectivity index (χ4n) is 1.36. The number of anilines is 1. The van der Waals surface area contributed by atoms with E-state index in [4.69, 9.17) is 0 Å². The second kappa shape index (κ2) is 2.59. The van der Waals surface area contributed by atoms with Crippen LogP contribution < -0.4 is 5.32 Å². The highest BCUT2D eigenvalue weighted by molar-refractivity contribution is 5.89. The van der Waals surface area contributed by atoms with Gasteiger partial charge in [-0.15, -0.1) is 0 Å². The maximum atomic E-state index is 3.35. The fourth-order valence-corrected chi connectivity index (χ4v) is 1.36. The Hall–Kier alpha value is -1.38. The normalized spacial score (nSPS) is 11.2. The first kappa shape index (κ1) is 7.28. The third kappa shape index (κ3) is 1.07. The Bertz CT molecular complexity index is 370. The van der Waals surface area contributed by atoms with Crippen LogP contribution >= 0.6 is 0 Å². The number of fused-ring (bicyclic) bond motifs is 1. The van der Waals surface area contributed by atoms with E-state index in [2.05, 4.69) is 29.1 Å². The monoisotopic (exact) mass is 163 g/mol. The first-order valence-corrected chi connectivity index (χ1v) is 4.18. The first-order valence-electron chi connectivity index (χ1n) is 4.18. The summed E-state index contributed by atoms with van der Waals surface area (Å²) in [7, 11) is 0. The van der Waals surface area contributed by atoms with Gasteiger partial charge in [0.2, 0.25) is 0 Å². The zero-order valence-corrected chi connectivity index (χ0v) is 7.31. The molecule has 0 aromatic carbocycles. The van der Waals surface area contributed by atoms with Crippen LogP contribution in [0.4, 0.5) is 5.69 Å². The zero-order valence-electron chi connectivity index (χ0n) is 7.31. The number of H-pyrrole nitrogens is 2. The fraction of sp³-hybridized carbons (Fsp3) is 0.333. The van der Waals surface area contributed by atoms with E-state index in [9.17, 15) is 0 Å². The van der Waals surface area contributed by atoms with Crippen LogP contribution in [-0.4, -0.2) is 16.0 Å². The van der Waals surface area contributed by atoms with Gasteiger partial charge >= 0.3 is 0 Å². The molecule has 0 radical (unpaired) electrons. The van der Waals surface area contributed by atoms with Crippen molar-refractivity contribution in [2.24, 2.45) is 0 Å². The molecule has 0 saturated heterocycles. The van der Waals surface area contributed by atoms with Gasteiger partial charge in [-0.3, -0.25) is 0 Å². The lowest BCUT2D eigenvalue weighted by atomic mass is 10.3. The number of hydrogen-bond acceptors (Lipinski definition) is 1. The standard InChI is InChI=1S/C9H13N3/c1-6(2)12-8-5-11-7-3-4-10-9(7)8/h3-6,10-12H,1-2H3. The van der Waals surface area contributed by atoms with Crippen molar-refractivity contribution in [3.05, 3.63) is 18.5 Å². The molecule has 0 spiro atoms. The minimum Gasteiger partial charge on any atom is -0.380 e. The molecule has 0 aliphatic carbocycles. The van der Waals surface area contributed by atoms with Crippen molar-refractivity contribution in [2.75, 3.05) is 5.32 Å². The van der Waals surface area contributed by atoms with Gasteiger partial charge in [0.25, 0.3) is 0 Å². The predicted octanol–water partition coefficient (Wildman–Crippen LogP) is 2.32. The number of rotatable bonds is 2. The summed E-state index contributed by atoms with van der Waals surface area (Å²) in [6.07, 6.45) is 3.92. The summed E-state index contributed by atoms with van der Waals surface area (Å²) in [6.45, 7) is 4.25. The Morgan fingerprint density at radius 1 is 1.33 bits per heavy atom. The lowest BCUT2D eigenvalue weighted by Gasteiger charge is -2.06. The molecule has 64 valence electrons. The van der Waals surface area contributed by atoms with E-state index in [0.717, 1.165) is 16.7 Å². The molecule has 2 aromatic rings. The highest BCUT2D eigenvalue weighted by Crippen LogP contribution is 2.21. The summed E-state index contributed by atoms with van der Waals surface area (Å²) in [6, 6.07) is 2.49. The largest absolute Gasteiger partial charge is 0.380 e. The van der Waals surface area contributed by atoms with Gasteiger partial charge in [-0.1, -0.05) is 0 Å². The molecule has 0 unspecified atom stereocenters. The maximum Gasteiger partial charge on any atom is 0.0870 e. The summed E-state index contributed by atoms with van der Waals surface area (Å²) in [5, 5.41) is 3.35. The molecule has 0 bridgehead atoms. The highest BCUT2D eigenvalue weighted by Gasteiger charge is 2.03. The third-order valence-electron chi connectivity index (χ3n) is 1.83. The van der Waals surface area contributed by atoms with E-state index in [-0.39, 0.29) is 0 Å². The summed E-state index contributed by atoms with van der Waals surface area (Å²) in [5.74, 6) is 0.